The van der Waals surface area contributed by atoms with Crippen LogP contribution in [-0.4, -0.2) is 14.8 Å². The third-order valence-corrected chi connectivity index (χ3v) is 2.30. The maximum Gasteiger partial charge on any atom is 0.240 e. The largest absolute Gasteiger partial charge is 0.366 e. The van der Waals surface area contributed by atoms with Gasteiger partial charge in [0.25, 0.3) is 0 Å². The van der Waals surface area contributed by atoms with E-state index in [4.69, 9.17) is 5.73 Å². The topological polar surface area (TPSA) is 56.7 Å². The van der Waals surface area contributed by atoms with E-state index in [1.165, 1.54) is 0 Å². The maximum absolute atomic E-state index is 5.45. The highest BCUT2D eigenvalue weighted by molar-refractivity contribution is 9.10. The van der Waals surface area contributed by atoms with Crippen molar-refractivity contribution in [3.05, 3.63) is 4.73 Å². The molecule has 0 saturated carbocycles. The van der Waals surface area contributed by atoms with Crippen molar-refractivity contribution in [2.45, 2.75) is 33.7 Å². The Hall–Kier alpha value is -0.580. The lowest BCUT2D eigenvalue weighted by molar-refractivity contribution is 0.339. The van der Waals surface area contributed by atoms with Crippen LogP contribution >= 0.6 is 15.9 Å². The molecule has 0 atom stereocenters. The molecule has 1 aromatic heterocycles. The number of nitrogen functional groups attached to an aromatic ring is 1. The Kier molecular flexibility index (Phi) is 2.95. The molecule has 4 nitrogen and oxygen atoms in total. The van der Waals surface area contributed by atoms with Crippen LogP contribution in [0.15, 0.2) is 4.73 Å². The van der Waals surface area contributed by atoms with E-state index >= 15 is 0 Å². The molecule has 0 radical (unpaired) electrons. The molecule has 0 aromatic carbocycles. The molecule has 5 heteroatoms. The fraction of sp³-hybridized carbons (Fsp3) is 0.750. The van der Waals surface area contributed by atoms with E-state index in [1.807, 2.05) is 0 Å². The van der Waals surface area contributed by atoms with Gasteiger partial charge in [0.2, 0.25) is 5.95 Å². The van der Waals surface area contributed by atoms with Crippen LogP contribution in [0.1, 0.15) is 27.2 Å². The van der Waals surface area contributed by atoms with Gasteiger partial charge in [0, 0.05) is 6.54 Å². The van der Waals surface area contributed by atoms with Crippen LogP contribution < -0.4 is 5.73 Å². The van der Waals surface area contributed by atoms with E-state index in [0.717, 1.165) is 13.0 Å². The number of anilines is 1. The zero-order valence-electron chi connectivity index (χ0n) is 8.21. The molecule has 0 spiro atoms. The van der Waals surface area contributed by atoms with Crippen molar-refractivity contribution in [3.63, 3.8) is 0 Å². The average molecular weight is 247 g/mol. The van der Waals surface area contributed by atoms with Crippen molar-refractivity contribution in [3.8, 4) is 0 Å². The predicted molar refractivity (Wildman–Crippen MR) is 56.2 cm³/mol. The summed E-state index contributed by atoms with van der Waals surface area (Å²) >= 11 is 3.29. The summed E-state index contributed by atoms with van der Waals surface area (Å²) in [5, 5.41) is 4.05. The summed E-state index contributed by atoms with van der Waals surface area (Å²) in [5.41, 5.74) is 5.75. The van der Waals surface area contributed by atoms with Crippen molar-refractivity contribution in [2.75, 3.05) is 5.73 Å². The molecule has 0 aliphatic rings. The van der Waals surface area contributed by atoms with Crippen molar-refractivity contribution in [1.29, 1.82) is 0 Å². The molecule has 0 amide bonds. The summed E-state index contributed by atoms with van der Waals surface area (Å²) < 4.78 is 2.48. The van der Waals surface area contributed by atoms with E-state index in [9.17, 15) is 0 Å². The molecule has 1 aromatic rings. The Morgan fingerprint density at radius 1 is 1.46 bits per heavy atom. The Balaban J connectivity index is 2.59. The molecular weight excluding hydrogens is 232 g/mol. The van der Waals surface area contributed by atoms with E-state index < -0.39 is 0 Å². The minimum Gasteiger partial charge on any atom is -0.366 e. The average Bonchev–Trinajstić information content (AvgIpc) is 2.24. The van der Waals surface area contributed by atoms with Gasteiger partial charge in [0.15, 0.2) is 4.73 Å². The number of aromatic nitrogens is 3. The second-order valence-corrected chi connectivity index (χ2v) is 4.98. The number of nitrogens with two attached hydrogens (primary N) is 1. The standard InChI is InChI=1S/C8H15BrN4/c1-8(2,3)4-5-13-6(9)11-7(10)12-13/h4-5H2,1-3H3,(H2,10,12). The number of halogens is 1. The van der Waals surface area contributed by atoms with Crippen LogP contribution in [0, 0.1) is 5.41 Å². The van der Waals surface area contributed by atoms with Gasteiger partial charge in [0.05, 0.1) is 0 Å². The van der Waals surface area contributed by atoms with Crippen molar-refractivity contribution in [2.24, 2.45) is 5.41 Å². The van der Waals surface area contributed by atoms with Crippen LogP contribution in [0.3, 0.4) is 0 Å². The minimum absolute atomic E-state index is 0.306. The first kappa shape index (κ1) is 10.5. The number of hydrogen-bond acceptors (Lipinski definition) is 3. The van der Waals surface area contributed by atoms with Crippen LogP contribution in [0.2, 0.25) is 0 Å². The van der Waals surface area contributed by atoms with Gasteiger partial charge in [-0.2, -0.15) is 4.98 Å². The molecule has 1 rings (SSSR count). The normalized spacial score (nSPS) is 12.0. The van der Waals surface area contributed by atoms with E-state index in [-0.39, 0.29) is 0 Å². The van der Waals surface area contributed by atoms with E-state index in [1.54, 1.807) is 4.68 Å². The van der Waals surface area contributed by atoms with Gasteiger partial charge in [-0.05, 0) is 27.8 Å². The van der Waals surface area contributed by atoms with Crippen LogP contribution in [0.5, 0.6) is 0 Å². The minimum atomic E-state index is 0.306. The van der Waals surface area contributed by atoms with Crippen LogP contribution in [0.4, 0.5) is 5.95 Å². The highest BCUT2D eigenvalue weighted by Gasteiger charge is 2.12. The summed E-state index contributed by atoms with van der Waals surface area (Å²) in [4.78, 5) is 3.96. The van der Waals surface area contributed by atoms with Crippen molar-refractivity contribution < 1.29 is 0 Å². The summed E-state index contributed by atoms with van der Waals surface area (Å²) in [6, 6.07) is 0. The number of nitrogens with zero attached hydrogens (tertiary/aromatic N) is 3. The van der Waals surface area contributed by atoms with Crippen LogP contribution in [-0.2, 0) is 6.54 Å². The second-order valence-electron chi connectivity index (χ2n) is 4.27. The molecule has 1 heterocycles. The number of hydrogen-bond donors (Lipinski definition) is 1. The maximum atomic E-state index is 5.45. The highest BCUT2D eigenvalue weighted by Crippen LogP contribution is 2.20. The number of rotatable bonds is 2. The predicted octanol–water partition coefficient (Wildman–Crippen LogP) is 2.06. The van der Waals surface area contributed by atoms with Crippen LogP contribution in [0.25, 0.3) is 0 Å². The third-order valence-electron chi connectivity index (χ3n) is 1.72. The molecule has 2 N–H and O–H groups in total. The Morgan fingerprint density at radius 2 is 2.08 bits per heavy atom. The SMILES string of the molecule is CC(C)(C)CCn1nc(N)nc1Br. The van der Waals surface area contributed by atoms with Gasteiger partial charge in [-0.25, -0.2) is 4.68 Å². The quantitative estimate of drug-likeness (QED) is 0.870. The lowest BCUT2D eigenvalue weighted by atomic mass is 9.92. The summed E-state index contributed by atoms with van der Waals surface area (Å²) in [7, 11) is 0. The molecule has 0 unspecified atom stereocenters. The van der Waals surface area contributed by atoms with Crippen molar-refractivity contribution >= 4 is 21.9 Å². The zero-order valence-corrected chi connectivity index (χ0v) is 9.80. The molecule has 0 aliphatic heterocycles. The molecule has 0 aliphatic carbocycles. The monoisotopic (exact) mass is 246 g/mol. The van der Waals surface area contributed by atoms with Gasteiger partial charge >= 0.3 is 0 Å². The summed E-state index contributed by atoms with van der Waals surface area (Å²) in [6.07, 6.45) is 1.05. The zero-order chi connectivity index (χ0) is 10.1. The molecule has 0 saturated heterocycles. The van der Waals surface area contributed by atoms with Gasteiger partial charge in [0.1, 0.15) is 0 Å². The highest BCUT2D eigenvalue weighted by atomic mass is 79.9. The summed E-state index contributed by atoms with van der Waals surface area (Å²) in [5.74, 6) is 0.320. The molecular formula is C8H15BrN4. The molecule has 13 heavy (non-hydrogen) atoms. The molecule has 0 fully saturated rings. The Morgan fingerprint density at radius 3 is 2.46 bits per heavy atom. The first-order chi connectivity index (χ1) is 5.88. The Labute approximate surface area is 86.7 Å². The van der Waals surface area contributed by atoms with Gasteiger partial charge in [-0.3, -0.25) is 0 Å². The first-order valence-electron chi connectivity index (χ1n) is 4.24. The van der Waals surface area contributed by atoms with Crippen molar-refractivity contribution in [1.82, 2.24) is 14.8 Å². The smallest absolute Gasteiger partial charge is 0.240 e. The third kappa shape index (κ3) is 3.34. The van der Waals surface area contributed by atoms with Gasteiger partial charge in [-0.1, -0.05) is 20.8 Å². The first-order valence-corrected chi connectivity index (χ1v) is 5.03. The fourth-order valence-electron chi connectivity index (χ4n) is 0.923. The van der Waals surface area contributed by atoms with Gasteiger partial charge in [-0.15, -0.1) is 5.10 Å². The molecule has 0 bridgehead atoms. The fourth-order valence-corrected chi connectivity index (χ4v) is 1.36. The Bertz CT molecular complexity index is 287. The summed E-state index contributed by atoms with van der Waals surface area (Å²) in [6.45, 7) is 7.43. The van der Waals surface area contributed by atoms with Gasteiger partial charge < -0.3 is 5.73 Å². The van der Waals surface area contributed by atoms with E-state index in [0.29, 0.717) is 16.1 Å². The molecule has 74 valence electrons. The number of aryl methyl sites for hydroxylation is 1. The van der Waals surface area contributed by atoms with E-state index in [2.05, 4.69) is 46.8 Å². The lowest BCUT2D eigenvalue weighted by Gasteiger charge is -2.17. The second kappa shape index (κ2) is 3.65. The lowest BCUT2D eigenvalue weighted by Crippen LogP contribution is -2.11.